The van der Waals surface area contributed by atoms with Gasteiger partial charge < -0.3 is 10.2 Å². The molecule has 106 valence electrons. The van der Waals surface area contributed by atoms with Gasteiger partial charge >= 0.3 is 5.97 Å². The zero-order valence-electron chi connectivity index (χ0n) is 9.72. The average molecular weight is 370 g/mol. The Bertz CT molecular complexity index is 605. The van der Waals surface area contributed by atoms with Crippen LogP contribution >= 0.6 is 27.3 Å². The SMILES string of the molecule is O=C(O)c1cc(S(=O)(=O)NCC2(CO)CC2)c(Br)s1. The lowest BCUT2D eigenvalue weighted by Crippen LogP contribution is -2.31. The first kappa shape index (κ1) is 14.9. The Hall–Kier alpha value is -0.480. The van der Waals surface area contributed by atoms with Crippen molar-refractivity contribution < 1.29 is 23.4 Å². The van der Waals surface area contributed by atoms with Gasteiger partial charge in [0.2, 0.25) is 10.0 Å². The van der Waals surface area contributed by atoms with Crippen LogP contribution in [0, 0.1) is 5.41 Å². The molecule has 0 bridgehead atoms. The van der Waals surface area contributed by atoms with Gasteiger partial charge in [-0.2, -0.15) is 0 Å². The molecule has 1 aromatic rings. The number of sulfonamides is 1. The minimum atomic E-state index is -3.77. The molecule has 1 aliphatic carbocycles. The second-order valence-corrected chi connectivity index (χ2v) is 8.64. The van der Waals surface area contributed by atoms with Crippen LogP contribution in [0.25, 0.3) is 0 Å². The van der Waals surface area contributed by atoms with Crippen LogP contribution in [0.3, 0.4) is 0 Å². The molecule has 0 aromatic carbocycles. The standard InChI is InChI=1S/C10H12BrNO5S2/c11-8-7(3-6(18-8)9(14)15)19(16,17)12-4-10(5-13)1-2-10/h3,12-13H,1-2,4-5H2,(H,14,15). The molecule has 0 atom stereocenters. The molecule has 19 heavy (non-hydrogen) atoms. The first-order chi connectivity index (χ1) is 8.80. The van der Waals surface area contributed by atoms with Crippen LogP contribution in [0.15, 0.2) is 14.7 Å². The number of hydrogen-bond acceptors (Lipinski definition) is 5. The lowest BCUT2D eigenvalue weighted by atomic mass is 10.1. The summed E-state index contributed by atoms with van der Waals surface area (Å²) >= 11 is 3.91. The van der Waals surface area contributed by atoms with E-state index in [0.29, 0.717) is 0 Å². The molecule has 1 aromatic heterocycles. The number of aliphatic hydroxyl groups is 1. The maximum absolute atomic E-state index is 12.1. The molecule has 0 amide bonds. The molecule has 2 rings (SSSR count). The Balaban J connectivity index is 2.17. The van der Waals surface area contributed by atoms with Crippen molar-refractivity contribution in [3.05, 3.63) is 14.7 Å². The van der Waals surface area contributed by atoms with Crippen molar-refractivity contribution in [2.24, 2.45) is 5.41 Å². The van der Waals surface area contributed by atoms with Crippen LogP contribution < -0.4 is 4.72 Å². The summed E-state index contributed by atoms with van der Waals surface area (Å²) in [5.74, 6) is -1.17. The maximum Gasteiger partial charge on any atom is 0.345 e. The summed E-state index contributed by atoms with van der Waals surface area (Å²) in [5, 5.41) is 18.0. The van der Waals surface area contributed by atoms with E-state index in [1.165, 1.54) is 0 Å². The normalized spacial score (nSPS) is 17.4. The minimum absolute atomic E-state index is 0.0458. The molecule has 9 heteroatoms. The fourth-order valence-corrected chi connectivity index (χ4v) is 5.09. The predicted molar refractivity (Wildman–Crippen MR) is 72.9 cm³/mol. The molecule has 0 aliphatic heterocycles. The Morgan fingerprint density at radius 3 is 2.58 bits per heavy atom. The zero-order chi connectivity index (χ0) is 14.3. The third-order valence-electron chi connectivity index (χ3n) is 3.09. The third kappa shape index (κ3) is 3.16. The number of carboxylic acids is 1. The van der Waals surface area contributed by atoms with Crippen LogP contribution in [0.5, 0.6) is 0 Å². The highest BCUT2D eigenvalue weighted by molar-refractivity contribution is 9.11. The van der Waals surface area contributed by atoms with Gasteiger partial charge in [-0.3, -0.25) is 0 Å². The molecule has 1 saturated carbocycles. The van der Waals surface area contributed by atoms with Crippen molar-refractivity contribution in [2.75, 3.05) is 13.2 Å². The van der Waals surface area contributed by atoms with Gasteiger partial charge in [-0.1, -0.05) is 0 Å². The lowest BCUT2D eigenvalue weighted by molar-refractivity contribution is 0.0702. The molecule has 0 radical (unpaired) electrons. The Morgan fingerprint density at radius 1 is 1.53 bits per heavy atom. The second kappa shape index (κ2) is 5.13. The highest BCUT2D eigenvalue weighted by Crippen LogP contribution is 2.44. The molecule has 0 saturated heterocycles. The number of hydrogen-bond donors (Lipinski definition) is 3. The largest absolute Gasteiger partial charge is 0.477 e. The van der Waals surface area contributed by atoms with E-state index in [-0.39, 0.29) is 32.1 Å². The van der Waals surface area contributed by atoms with Gasteiger partial charge in [0.05, 0.1) is 3.79 Å². The number of nitrogens with one attached hydrogen (secondary N) is 1. The van der Waals surface area contributed by atoms with Crippen molar-refractivity contribution in [2.45, 2.75) is 17.7 Å². The van der Waals surface area contributed by atoms with Gasteiger partial charge in [0, 0.05) is 18.6 Å². The molecule has 1 aliphatic rings. The summed E-state index contributed by atoms with van der Waals surface area (Å²) < 4.78 is 26.8. The predicted octanol–water partition coefficient (Wildman–Crippen LogP) is 1.26. The number of thiophene rings is 1. The number of carboxylic acid groups (broad SMARTS) is 1. The highest BCUT2D eigenvalue weighted by Gasteiger charge is 2.42. The molecule has 1 heterocycles. The zero-order valence-corrected chi connectivity index (χ0v) is 12.9. The van der Waals surface area contributed by atoms with E-state index in [0.717, 1.165) is 30.2 Å². The van der Waals surface area contributed by atoms with Gasteiger partial charge in [0.25, 0.3) is 0 Å². The minimum Gasteiger partial charge on any atom is -0.477 e. The van der Waals surface area contributed by atoms with E-state index < -0.39 is 16.0 Å². The van der Waals surface area contributed by atoms with E-state index in [1.807, 2.05) is 0 Å². The van der Waals surface area contributed by atoms with Crippen LogP contribution in [0.2, 0.25) is 0 Å². The summed E-state index contributed by atoms with van der Waals surface area (Å²) in [7, 11) is -3.77. The summed E-state index contributed by atoms with van der Waals surface area (Å²) in [6.07, 6.45) is 1.58. The van der Waals surface area contributed by atoms with E-state index in [9.17, 15) is 13.2 Å². The molecule has 0 spiro atoms. The van der Waals surface area contributed by atoms with E-state index >= 15 is 0 Å². The quantitative estimate of drug-likeness (QED) is 0.700. The Morgan fingerprint density at radius 2 is 2.16 bits per heavy atom. The van der Waals surface area contributed by atoms with Gasteiger partial charge in [-0.15, -0.1) is 11.3 Å². The smallest absolute Gasteiger partial charge is 0.345 e. The Kier molecular flexibility index (Phi) is 4.03. The lowest BCUT2D eigenvalue weighted by Gasteiger charge is -2.12. The molecule has 6 nitrogen and oxygen atoms in total. The van der Waals surface area contributed by atoms with Crippen molar-refractivity contribution in [1.29, 1.82) is 0 Å². The van der Waals surface area contributed by atoms with Gasteiger partial charge in [0.15, 0.2) is 0 Å². The summed E-state index contributed by atoms with van der Waals surface area (Å²) in [6.45, 7) is 0.108. The first-order valence-corrected chi connectivity index (χ1v) is 8.52. The maximum atomic E-state index is 12.1. The average Bonchev–Trinajstić information content (AvgIpc) is 3.02. The van der Waals surface area contributed by atoms with Crippen molar-refractivity contribution in [3.63, 3.8) is 0 Å². The number of halogens is 1. The molecule has 0 unspecified atom stereocenters. The molecular formula is C10H12BrNO5S2. The topological polar surface area (TPSA) is 104 Å². The van der Waals surface area contributed by atoms with Crippen molar-refractivity contribution >= 4 is 43.3 Å². The monoisotopic (exact) mass is 369 g/mol. The second-order valence-electron chi connectivity index (χ2n) is 4.54. The fourth-order valence-electron chi connectivity index (χ4n) is 1.53. The van der Waals surface area contributed by atoms with Crippen LogP contribution in [-0.2, 0) is 10.0 Å². The fraction of sp³-hybridized carbons (Fsp3) is 0.500. The number of aromatic carboxylic acids is 1. The van der Waals surface area contributed by atoms with Gasteiger partial charge in [-0.05, 0) is 34.8 Å². The number of rotatable bonds is 6. The molecule has 1 fully saturated rings. The van der Waals surface area contributed by atoms with Crippen LogP contribution in [0.4, 0.5) is 0 Å². The molecule has 3 N–H and O–H groups in total. The summed E-state index contributed by atoms with van der Waals surface area (Å²) in [5.41, 5.74) is -0.342. The summed E-state index contributed by atoms with van der Waals surface area (Å²) in [4.78, 5) is 10.7. The summed E-state index contributed by atoms with van der Waals surface area (Å²) in [6, 6.07) is 1.12. The number of aliphatic hydroxyl groups excluding tert-OH is 1. The first-order valence-electron chi connectivity index (χ1n) is 5.43. The Labute approximate surface area is 122 Å². The highest BCUT2D eigenvalue weighted by atomic mass is 79.9. The van der Waals surface area contributed by atoms with Crippen LogP contribution in [-0.4, -0.2) is 37.8 Å². The number of carbonyl (C=O) groups is 1. The van der Waals surface area contributed by atoms with E-state index in [2.05, 4.69) is 20.7 Å². The van der Waals surface area contributed by atoms with Gasteiger partial charge in [-0.25, -0.2) is 17.9 Å². The van der Waals surface area contributed by atoms with Crippen LogP contribution in [0.1, 0.15) is 22.5 Å². The third-order valence-corrected chi connectivity index (χ3v) is 6.73. The molecular weight excluding hydrogens is 358 g/mol. The van der Waals surface area contributed by atoms with Gasteiger partial charge in [0.1, 0.15) is 9.77 Å². The van der Waals surface area contributed by atoms with Crippen molar-refractivity contribution in [3.8, 4) is 0 Å². The van der Waals surface area contributed by atoms with E-state index in [4.69, 9.17) is 10.2 Å². The van der Waals surface area contributed by atoms with E-state index in [1.54, 1.807) is 0 Å². The van der Waals surface area contributed by atoms with Crippen molar-refractivity contribution in [1.82, 2.24) is 4.72 Å².